The highest BCUT2D eigenvalue weighted by molar-refractivity contribution is 5.74. The average molecular weight is 188 g/mol. The number of H-pyrrole nitrogens is 2. The molecule has 2 N–H and O–H groups in total. The minimum absolute atomic E-state index is 0.642. The highest BCUT2D eigenvalue weighted by Gasteiger charge is 2.12. The fraction of sp³-hybridized carbons (Fsp3) is 0. The number of nitrogens with zero attached hydrogens (tertiary/aromatic N) is 5. The number of hydrogen-bond acceptors (Lipinski definition) is 4. The highest BCUT2D eigenvalue weighted by atomic mass is 15.3. The van der Waals surface area contributed by atoms with E-state index in [1.165, 1.54) is 6.33 Å². The maximum absolute atomic E-state index is 4.14. The Hall–Kier alpha value is -2.31. The summed E-state index contributed by atoms with van der Waals surface area (Å²) in [4.78, 5) is 15.2. The smallest absolute Gasteiger partial charge is 0.266 e. The van der Waals surface area contributed by atoms with Crippen molar-refractivity contribution in [2.45, 2.75) is 0 Å². The van der Waals surface area contributed by atoms with Crippen molar-refractivity contribution in [3.63, 3.8) is 0 Å². The van der Waals surface area contributed by atoms with Crippen LogP contribution < -0.4 is 4.57 Å². The van der Waals surface area contributed by atoms with Gasteiger partial charge in [-0.05, 0) is 5.10 Å². The van der Waals surface area contributed by atoms with E-state index in [2.05, 4.69) is 30.1 Å². The van der Waals surface area contributed by atoms with Gasteiger partial charge in [0.05, 0.1) is 6.33 Å². The highest BCUT2D eigenvalue weighted by Crippen LogP contribution is 2.07. The van der Waals surface area contributed by atoms with Crippen molar-refractivity contribution in [1.29, 1.82) is 0 Å². The van der Waals surface area contributed by atoms with Crippen molar-refractivity contribution >= 4 is 11.2 Å². The molecule has 0 aliphatic rings. The minimum atomic E-state index is 0.642. The fourth-order valence-electron chi connectivity index (χ4n) is 1.29. The Morgan fingerprint density at radius 3 is 3.07 bits per heavy atom. The summed E-state index contributed by atoms with van der Waals surface area (Å²) in [5.74, 6) is 0.723. The summed E-state index contributed by atoms with van der Waals surface area (Å²) in [7, 11) is 0. The van der Waals surface area contributed by atoms with E-state index in [9.17, 15) is 0 Å². The molecule has 3 aromatic rings. The molecule has 0 saturated carbocycles. The van der Waals surface area contributed by atoms with Crippen LogP contribution in [0.3, 0.4) is 0 Å². The molecule has 68 valence electrons. The molecule has 14 heavy (non-hydrogen) atoms. The summed E-state index contributed by atoms with van der Waals surface area (Å²) in [6, 6.07) is 0. The van der Waals surface area contributed by atoms with Gasteiger partial charge < -0.3 is 4.98 Å². The zero-order chi connectivity index (χ0) is 9.38. The second kappa shape index (κ2) is 2.59. The number of nitrogens with one attached hydrogen (secondary N) is 2. The lowest BCUT2D eigenvalue weighted by Crippen LogP contribution is -2.29. The summed E-state index contributed by atoms with van der Waals surface area (Å²) in [6.07, 6.45) is 6.38. The Balaban J connectivity index is 2.36. The van der Waals surface area contributed by atoms with Crippen molar-refractivity contribution in [3.05, 3.63) is 25.3 Å². The standard InChI is InChI=1S/C7H5N7/c1-8-5-6(9-1)10-2-11-7(5)14-3-12-13-4-14/h1-4H,(H,8,9,10,11)/p+1. The third-order valence-electron chi connectivity index (χ3n) is 1.90. The quantitative estimate of drug-likeness (QED) is 0.497. The van der Waals surface area contributed by atoms with Gasteiger partial charge in [-0.1, -0.05) is 0 Å². The molecule has 0 fully saturated rings. The van der Waals surface area contributed by atoms with Crippen molar-refractivity contribution in [2.24, 2.45) is 0 Å². The molecule has 7 nitrogen and oxygen atoms in total. The van der Waals surface area contributed by atoms with E-state index >= 15 is 0 Å². The first kappa shape index (κ1) is 7.13. The maximum atomic E-state index is 4.14. The van der Waals surface area contributed by atoms with Gasteiger partial charge in [0.2, 0.25) is 6.33 Å². The van der Waals surface area contributed by atoms with Crippen LogP contribution in [-0.2, 0) is 0 Å². The third kappa shape index (κ3) is 0.889. The topological polar surface area (TPSA) is 87.0 Å². The molecule has 0 aliphatic carbocycles. The van der Waals surface area contributed by atoms with Crippen LogP contribution in [0, 0.1) is 0 Å². The Morgan fingerprint density at radius 2 is 2.21 bits per heavy atom. The van der Waals surface area contributed by atoms with Crippen LogP contribution in [0.25, 0.3) is 17.0 Å². The number of rotatable bonds is 1. The van der Waals surface area contributed by atoms with E-state index < -0.39 is 0 Å². The Bertz CT molecular complexity index is 552. The largest absolute Gasteiger partial charge is 0.338 e. The molecular formula is C7H6N7+. The molecule has 0 spiro atoms. The van der Waals surface area contributed by atoms with Crippen LogP contribution in [0.4, 0.5) is 0 Å². The van der Waals surface area contributed by atoms with Crippen LogP contribution in [0.15, 0.2) is 25.3 Å². The molecule has 0 aliphatic heterocycles. The Morgan fingerprint density at radius 1 is 1.21 bits per heavy atom. The molecule has 3 aromatic heterocycles. The van der Waals surface area contributed by atoms with E-state index in [1.807, 2.05) is 0 Å². The van der Waals surface area contributed by atoms with Crippen LogP contribution in [0.1, 0.15) is 0 Å². The monoisotopic (exact) mass is 188 g/mol. The number of fused-ring (bicyclic) bond motifs is 1. The van der Waals surface area contributed by atoms with Gasteiger partial charge in [-0.25, -0.2) is 9.97 Å². The molecular weight excluding hydrogens is 182 g/mol. The molecule has 0 atom stereocenters. The van der Waals surface area contributed by atoms with Gasteiger partial charge in [0.15, 0.2) is 23.8 Å². The first-order chi connectivity index (χ1) is 6.95. The average Bonchev–Trinajstić information content (AvgIpc) is 2.88. The number of aromatic nitrogens is 7. The van der Waals surface area contributed by atoms with Gasteiger partial charge in [-0.15, -0.1) is 4.98 Å². The Labute approximate surface area is 77.9 Å². The zero-order valence-electron chi connectivity index (χ0n) is 7.05. The third-order valence-corrected chi connectivity index (χ3v) is 1.90. The van der Waals surface area contributed by atoms with Crippen molar-refractivity contribution in [2.75, 3.05) is 0 Å². The molecule has 0 bridgehead atoms. The summed E-state index contributed by atoms with van der Waals surface area (Å²) in [5.41, 5.74) is 1.43. The normalized spacial score (nSPS) is 10.9. The van der Waals surface area contributed by atoms with Gasteiger partial charge in [-0.3, -0.25) is 0 Å². The zero-order valence-corrected chi connectivity index (χ0v) is 7.05. The molecule has 0 radical (unpaired) electrons. The summed E-state index contributed by atoms with van der Waals surface area (Å²) in [6.45, 7) is 0. The number of hydrogen-bond donors (Lipinski definition) is 2. The molecule has 0 unspecified atom stereocenters. The second-order valence-electron chi connectivity index (χ2n) is 2.71. The van der Waals surface area contributed by atoms with Crippen molar-refractivity contribution in [1.82, 2.24) is 30.1 Å². The Kier molecular flexibility index (Phi) is 1.32. The first-order valence-electron chi connectivity index (χ1n) is 3.99. The van der Waals surface area contributed by atoms with Crippen molar-refractivity contribution < 1.29 is 4.57 Å². The fourth-order valence-corrected chi connectivity index (χ4v) is 1.29. The lowest BCUT2D eigenvalue weighted by molar-refractivity contribution is -0.598. The van der Waals surface area contributed by atoms with E-state index in [-0.39, 0.29) is 0 Å². The van der Waals surface area contributed by atoms with Crippen molar-refractivity contribution in [3.8, 4) is 5.82 Å². The van der Waals surface area contributed by atoms with Crippen LogP contribution >= 0.6 is 0 Å². The van der Waals surface area contributed by atoms with E-state index in [0.717, 1.165) is 11.3 Å². The second-order valence-corrected chi connectivity index (χ2v) is 2.71. The van der Waals surface area contributed by atoms with Gasteiger partial charge in [0, 0.05) is 0 Å². The van der Waals surface area contributed by atoms with E-state index in [0.29, 0.717) is 5.65 Å². The molecule has 3 heterocycles. The molecule has 3 rings (SSSR count). The number of aromatic amines is 2. The molecule has 0 amide bonds. The summed E-state index contributed by atoms with van der Waals surface area (Å²) >= 11 is 0. The molecule has 0 saturated heterocycles. The molecule has 7 heteroatoms. The summed E-state index contributed by atoms with van der Waals surface area (Å²) in [5, 5.41) is 6.54. The van der Waals surface area contributed by atoms with Gasteiger partial charge in [0.1, 0.15) is 0 Å². The predicted octanol–water partition coefficient (Wildman–Crippen LogP) is -0.647. The van der Waals surface area contributed by atoms with Gasteiger partial charge in [-0.2, -0.15) is 9.67 Å². The van der Waals surface area contributed by atoms with Crippen LogP contribution in [0.5, 0.6) is 0 Å². The lowest BCUT2D eigenvalue weighted by Gasteiger charge is -1.92. The van der Waals surface area contributed by atoms with E-state index in [4.69, 9.17) is 0 Å². The predicted molar refractivity (Wildman–Crippen MR) is 45.4 cm³/mol. The minimum Gasteiger partial charge on any atom is -0.338 e. The van der Waals surface area contributed by atoms with E-state index in [1.54, 1.807) is 23.5 Å². The van der Waals surface area contributed by atoms with Crippen LogP contribution in [-0.4, -0.2) is 30.1 Å². The first-order valence-corrected chi connectivity index (χ1v) is 3.99. The SMILES string of the molecule is c1nc(-[n+]2cn[nH]c2)c2[nH]cnc2n1. The summed E-state index contributed by atoms with van der Waals surface area (Å²) < 4.78 is 1.75. The molecule has 0 aromatic carbocycles. The van der Waals surface area contributed by atoms with Gasteiger partial charge in [0.25, 0.3) is 5.82 Å². The lowest BCUT2D eigenvalue weighted by atomic mass is 10.5. The maximum Gasteiger partial charge on any atom is 0.266 e. The van der Waals surface area contributed by atoms with Gasteiger partial charge >= 0.3 is 0 Å². The van der Waals surface area contributed by atoms with Crippen LogP contribution in [0.2, 0.25) is 0 Å². The number of imidazole rings is 1.